The molecule has 0 radical (unpaired) electrons. The Hall–Kier alpha value is -0.730. The van der Waals surface area contributed by atoms with E-state index in [1.165, 1.54) is 25.7 Å². The van der Waals surface area contributed by atoms with E-state index in [2.05, 4.69) is 6.92 Å². The van der Waals surface area contributed by atoms with Gasteiger partial charge in [-0.2, -0.15) is 0 Å². The first-order valence-corrected chi connectivity index (χ1v) is 7.76. The highest BCUT2D eigenvalue weighted by molar-refractivity contribution is 6.30. The van der Waals surface area contributed by atoms with Crippen molar-refractivity contribution in [3.05, 3.63) is 28.8 Å². The van der Waals surface area contributed by atoms with E-state index in [1.54, 1.807) is 0 Å². The number of halogens is 1. The maximum atomic E-state index is 6.45. The molecule has 1 aromatic rings. The molecule has 104 valence electrons. The molecule has 1 heterocycles. The molecule has 2 aliphatic rings. The quantitative estimate of drug-likeness (QED) is 0.824. The van der Waals surface area contributed by atoms with Gasteiger partial charge in [0.05, 0.1) is 0 Å². The molecule has 0 amide bonds. The number of fused-ring (bicyclic) bond motifs is 1. The molecule has 1 aromatic carbocycles. The second kappa shape index (κ2) is 4.99. The van der Waals surface area contributed by atoms with Crippen molar-refractivity contribution in [1.29, 1.82) is 0 Å². The molecule has 1 spiro atoms. The van der Waals surface area contributed by atoms with Crippen LogP contribution in [0.4, 0.5) is 0 Å². The normalized spacial score (nSPS) is 33.8. The fourth-order valence-corrected chi connectivity index (χ4v) is 4.09. The van der Waals surface area contributed by atoms with Crippen LogP contribution in [0.3, 0.4) is 0 Å². The van der Waals surface area contributed by atoms with Crippen molar-refractivity contribution < 1.29 is 4.74 Å². The van der Waals surface area contributed by atoms with Gasteiger partial charge in [0.2, 0.25) is 0 Å². The molecule has 19 heavy (non-hydrogen) atoms. The molecule has 1 aliphatic carbocycles. The van der Waals surface area contributed by atoms with E-state index in [4.69, 9.17) is 22.1 Å². The maximum absolute atomic E-state index is 6.45. The SMILES string of the molecule is CCC1CCCCC12CC(N)c1cc(Cl)ccc1O2. The average Bonchev–Trinajstić information content (AvgIpc) is 2.40. The lowest BCUT2D eigenvalue weighted by Gasteiger charge is -2.48. The molecule has 0 saturated heterocycles. The highest BCUT2D eigenvalue weighted by atomic mass is 35.5. The molecule has 1 fully saturated rings. The van der Waals surface area contributed by atoms with Gasteiger partial charge >= 0.3 is 0 Å². The molecule has 2 N–H and O–H groups in total. The predicted octanol–water partition coefficient (Wildman–Crippen LogP) is 4.46. The third-order valence-electron chi connectivity index (χ3n) is 4.89. The Morgan fingerprint density at radius 3 is 3.05 bits per heavy atom. The summed E-state index contributed by atoms with van der Waals surface area (Å²) in [6.07, 6.45) is 7.10. The lowest BCUT2D eigenvalue weighted by atomic mass is 9.69. The van der Waals surface area contributed by atoms with E-state index in [9.17, 15) is 0 Å². The van der Waals surface area contributed by atoms with Crippen LogP contribution >= 0.6 is 11.6 Å². The van der Waals surface area contributed by atoms with Crippen LogP contribution in [-0.4, -0.2) is 5.60 Å². The minimum Gasteiger partial charge on any atom is -0.487 e. The highest BCUT2D eigenvalue weighted by Crippen LogP contribution is 2.49. The largest absolute Gasteiger partial charge is 0.487 e. The molecule has 3 unspecified atom stereocenters. The molecular formula is C16H22ClNO. The zero-order valence-electron chi connectivity index (χ0n) is 11.5. The average molecular weight is 280 g/mol. The predicted molar refractivity (Wildman–Crippen MR) is 78.6 cm³/mol. The van der Waals surface area contributed by atoms with Gasteiger partial charge in [0.15, 0.2) is 0 Å². The summed E-state index contributed by atoms with van der Waals surface area (Å²) in [6.45, 7) is 2.27. The molecule has 0 aromatic heterocycles. The molecule has 3 heteroatoms. The summed E-state index contributed by atoms with van der Waals surface area (Å²) in [5.41, 5.74) is 7.43. The number of nitrogens with two attached hydrogens (primary N) is 1. The fraction of sp³-hybridized carbons (Fsp3) is 0.625. The Morgan fingerprint density at radius 1 is 1.42 bits per heavy atom. The molecular weight excluding hydrogens is 258 g/mol. The number of ether oxygens (including phenoxy) is 1. The van der Waals surface area contributed by atoms with Crippen molar-refractivity contribution in [2.45, 2.75) is 57.1 Å². The summed E-state index contributed by atoms with van der Waals surface area (Å²) >= 11 is 6.06. The molecule has 2 nitrogen and oxygen atoms in total. The van der Waals surface area contributed by atoms with Gasteiger partial charge in [0.1, 0.15) is 11.4 Å². The van der Waals surface area contributed by atoms with E-state index in [1.807, 2.05) is 18.2 Å². The van der Waals surface area contributed by atoms with Gasteiger partial charge in [-0.15, -0.1) is 0 Å². The molecule has 0 bridgehead atoms. The summed E-state index contributed by atoms with van der Waals surface area (Å²) in [5.74, 6) is 1.58. The summed E-state index contributed by atoms with van der Waals surface area (Å²) in [4.78, 5) is 0. The third-order valence-corrected chi connectivity index (χ3v) is 5.12. The summed E-state index contributed by atoms with van der Waals surface area (Å²) < 4.78 is 6.45. The van der Waals surface area contributed by atoms with E-state index < -0.39 is 0 Å². The van der Waals surface area contributed by atoms with Crippen LogP contribution < -0.4 is 10.5 Å². The Labute approximate surface area is 120 Å². The Balaban J connectivity index is 1.97. The van der Waals surface area contributed by atoms with Crippen LogP contribution in [-0.2, 0) is 0 Å². The summed E-state index contributed by atoms with van der Waals surface area (Å²) in [5, 5.41) is 0.740. The topological polar surface area (TPSA) is 35.2 Å². The molecule has 1 aliphatic heterocycles. The highest BCUT2D eigenvalue weighted by Gasteiger charge is 2.46. The first kappa shape index (κ1) is 13.3. The van der Waals surface area contributed by atoms with Gasteiger partial charge in [-0.25, -0.2) is 0 Å². The van der Waals surface area contributed by atoms with E-state index in [-0.39, 0.29) is 11.6 Å². The first-order chi connectivity index (χ1) is 9.14. The first-order valence-electron chi connectivity index (χ1n) is 7.38. The zero-order chi connectivity index (χ0) is 13.5. The lowest BCUT2D eigenvalue weighted by molar-refractivity contribution is -0.0489. The van der Waals surface area contributed by atoms with Crippen LogP contribution in [0.5, 0.6) is 5.75 Å². The lowest BCUT2D eigenvalue weighted by Crippen LogP contribution is -2.50. The minimum absolute atomic E-state index is 0.0345. The van der Waals surface area contributed by atoms with Crippen LogP contribution in [0.1, 0.15) is 57.1 Å². The second-order valence-corrected chi connectivity index (χ2v) is 6.45. The van der Waals surface area contributed by atoms with Gasteiger partial charge in [0, 0.05) is 23.0 Å². The van der Waals surface area contributed by atoms with Gasteiger partial charge in [-0.05, 0) is 49.8 Å². The smallest absolute Gasteiger partial charge is 0.125 e. The standard InChI is InChI=1S/C16H22ClNO/c1-2-11-5-3-4-8-16(11)10-14(18)13-9-12(17)6-7-15(13)19-16/h6-7,9,11,14H,2-5,8,10,18H2,1H3. The van der Waals surface area contributed by atoms with Crippen molar-refractivity contribution in [2.24, 2.45) is 11.7 Å². The molecule has 1 saturated carbocycles. The van der Waals surface area contributed by atoms with Crippen molar-refractivity contribution in [1.82, 2.24) is 0 Å². The summed E-state index contributed by atoms with van der Waals surface area (Å²) in [7, 11) is 0. The number of hydrogen-bond donors (Lipinski definition) is 1. The van der Waals surface area contributed by atoms with Gasteiger partial charge in [-0.3, -0.25) is 0 Å². The second-order valence-electron chi connectivity index (χ2n) is 6.01. The van der Waals surface area contributed by atoms with Gasteiger partial charge < -0.3 is 10.5 Å². The third kappa shape index (κ3) is 2.25. The van der Waals surface area contributed by atoms with Crippen LogP contribution in [0, 0.1) is 5.92 Å². The zero-order valence-corrected chi connectivity index (χ0v) is 12.2. The van der Waals surface area contributed by atoms with Crippen molar-refractivity contribution in [2.75, 3.05) is 0 Å². The van der Waals surface area contributed by atoms with Crippen LogP contribution in [0.15, 0.2) is 18.2 Å². The van der Waals surface area contributed by atoms with E-state index >= 15 is 0 Å². The van der Waals surface area contributed by atoms with Crippen molar-refractivity contribution >= 4 is 11.6 Å². The number of hydrogen-bond acceptors (Lipinski definition) is 2. The number of benzene rings is 1. The summed E-state index contributed by atoms with van der Waals surface area (Å²) in [6, 6.07) is 5.89. The van der Waals surface area contributed by atoms with Gasteiger partial charge in [0.25, 0.3) is 0 Å². The Bertz CT molecular complexity index is 476. The number of rotatable bonds is 1. The molecule has 3 rings (SSSR count). The maximum Gasteiger partial charge on any atom is 0.125 e. The van der Waals surface area contributed by atoms with E-state index in [0.717, 1.165) is 29.2 Å². The minimum atomic E-state index is -0.0345. The molecule has 3 atom stereocenters. The van der Waals surface area contributed by atoms with Gasteiger partial charge in [-0.1, -0.05) is 24.9 Å². The Morgan fingerprint density at radius 2 is 2.26 bits per heavy atom. The fourth-order valence-electron chi connectivity index (χ4n) is 3.91. The monoisotopic (exact) mass is 279 g/mol. The van der Waals surface area contributed by atoms with Crippen molar-refractivity contribution in [3.63, 3.8) is 0 Å². The van der Waals surface area contributed by atoms with Crippen LogP contribution in [0.2, 0.25) is 5.02 Å². The van der Waals surface area contributed by atoms with Crippen LogP contribution in [0.25, 0.3) is 0 Å². The van der Waals surface area contributed by atoms with E-state index in [0.29, 0.717) is 5.92 Å². The Kier molecular flexibility index (Phi) is 3.48. The van der Waals surface area contributed by atoms with Crippen molar-refractivity contribution in [3.8, 4) is 5.75 Å².